The van der Waals surface area contributed by atoms with Crippen LogP contribution in [-0.2, 0) is 19.0 Å². The maximum Gasteiger partial charge on any atom is 0.416 e. The summed E-state index contributed by atoms with van der Waals surface area (Å²) in [5, 5.41) is 7.22. The first-order valence-corrected chi connectivity index (χ1v) is 10.8. The second-order valence-electron chi connectivity index (χ2n) is 7.96. The van der Waals surface area contributed by atoms with Crippen LogP contribution in [0.15, 0.2) is 58.0 Å². The molecule has 4 rings (SSSR count). The van der Waals surface area contributed by atoms with Crippen molar-refractivity contribution in [3.05, 3.63) is 82.3 Å². The van der Waals surface area contributed by atoms with E-state index in [-0.39, 0.29) is 17.4 Å². The molecule has 0 spiro atoms. The van der Waals surface area contributed by atoms with Crippen molar-refractivity contribution in [2.24, 2.45) is 5.10 Å². The second kappa shape index (κ2) is 9.13. The minimum absolute atomic E-state index is 0.216. The third-order valence-corrected chi connectivity index (χ3v) is 5.66. The number of nitrogens with one attached hydrogen (secondary N) is 2. The van der Waals surface area contributed by atoms with Crippen LogP contribution in [0.3, 0.4) is 0 Å². The van der Waals surface area contributed by atoms with E-state index < -0.39 is 11.7 Å². The van der Waals surface area contributed by atoms with Crippen LogP contribution in [0, 0.1) is 6.92 Å². The summed E-state index contributed by atoms with van der Waals surface area (Å²) in [6.45, 7) is 3.86. The summed E-state index contributed by atoms with van der Waals surface area (Å²) in [6.07, 6.45) is -1.46. The summed E-state index contributed by atoms with van der Waals surface area (Å²) in [5.74, 6) is 0.527. The van der Waals surface area contributed by atoms with E-state index in [2.05, 4.69) is 22.8 Å². The van der Waals surface area contributed by atoms with E-state index in [0.29, 0.717) is 35.6 Å². The van der Waals surface area contributed by atoms with E-state index >= 15 is 0 Å². The molecule has 33 heavy (non-hydrogen) atoms. The molecule has 0 radical (unpaired) electrons. The van der Waals surface area contributed by atoms with Gasteiger partial charge in [-0.05, 0) is 62.1 Å². The molecule has 172 valence electrons. The number of hydrogen-bond acceptors (Lipinski definition) is 4. The highest BCUT2D eigenvalue weighted by molar-refractivity contribution is 6.09. The van der Waals surface area contributed by atoms with Crippen LogP contribution in [0.4, 0.5) is 24.5 Å². The number of hydrazone groups is 1. The average molecular weight is 455 g/mol. The van der Waals surface area contributed by atoms with Crippen LogP contribution in [0.1, 0.15) is 58.3 Å². The molecule has 0 fully saturated rings. The van der Waals surface area contributed by atoms with Gasteiger partial charge in [0.05, 0.1) is 17.0 Å². The number of nitrogens with zero attached hydrogens (tertiary/aromatic N) is 1. The van der Waals surface area contributed by atoms with Gasteiger partial charge in [0, 0.05) is 23.2 Å². The molecule has 0 saturated carbocycles. The Morgan fingerprint density at radius 2 is 1.85 bits per heavy atom. The van der Waals surface area contributed by atoms with Gasteiger partial charge in [0.2, 0.25) is 0 Å². The fourth-order valence-electron chi connectivity index (χ4n) is 3.91. The molecule has 0 aliphatic heterocycles. The summed E-state index contributed by atoms with van der Waals surface area (Å²) in [6, 6.07) is 12.5. The summed E-state index contributed by atoms with van der Waals surface area (Å²) < 4.78 is 44.8. The van der Waals surface area contributed by atoms with Crippen molar-refractivity contribution in [3.63, 3.8) is 0 Å². The Kier molecular flexibility index (Phi) is 6.26. The zero-order chi connectivity index (χ0) is 23.6. The number of carbonyl (C=O) groups excluding carboxylic acids is 1. The lowest BCUT2D eigenvalue weighted by Gasteiger charge is -2.14. The van der Waals surface area contributed by atoms with Gasteiger partial charge in [0.25, 0.3) is 5.91 Å². The van der Waals surface area contributed by atoms with Crippen molar-refractivity contribution in [2.45, 2.75) is 45.7 Å². The SMILES string of the molecule is CCc1ccc(NC(=O)c2oc3c(c2C)/C(=N/Nc2cccc(C(F)(F)F)c2)CCC3)cc1. The summed E-state index contributed by atoms with van der Waals surface area (Å²) >= 11 is 0. The number of alkyl halides is 3. The number of carbonyl (C=O) groups is 1. The standard InChI is InChI=1S/C25H24F3N3O2/c1-3-16-10-12-18(13-11-16)29-24(32)23-15(2)22-20(8-5-9-21(22)33-23)31-30-19-7-4-6-17(14-19)25(26,27)28/h4,6-7,10-14,30H,3,5,8-9H2,1-2H3,(H,29,32)/b31-20+. The molecule has 0 atom stereocenters. The lowest BCUT2D eigenvalue weighted by Crippen LogP contribution is -2.14. The van der Waals surface area contributed by atoms with Crippen molar-refractivity contribution in [2.75, 3.05) is 10.7 Å². The number of anilines is 2. The molecule has 3 aromatic rings. The number of fused-ring (bicyclic) bond motifs is 1. The zero-order valence-electron chi connectivity index (χ0n) is 18.3. The molecule has 1 amide bonds. The first-order valence-electron chi connectivity index (χ1n) is 10.8. The minimum Gasteiger partial charge on any atom is -0.455 e. The van der Waals surface area contributed by atoms with E-state index in [9.17, 15) is 18.0 Å². The normalized spacial score (nSPS) is 14.8. The molecule has 1 aliphatic rings. The summed E-state index contributed by atoms with van der Waals surface area (Å²) in [4.78, 5) is 12.9. The fraction of sp³-hybridized carbons (Fsp3) is 0.280. The third kappa shape index (κ3) is 4.94. The minimum atomic E-state index is -4.43. The molecule has 0 bridgehead atoms. The van der Waals surface area contributed by atoms with E-state index in [4.69, 9.17) is 4.42 Å². The van der Waals surface area contributed by atoms with Gasteiger partial charge in [-0.2, -0.15) is 18.3 Å². The molecule has 1 aromatic heterocycles. The van der Waals surface area contributed by atoms with Gasteiger partial charge in [-0.25, -0.2) is 0 Å². The third-order valence-electron chi connectivity index (χ3n) is 5.66. The zero-order valence-corrected chi connectivity index (χ0v) is 18.3. The Morgan fingerprint density at radius 3 is 2.55 bits per heavy atom. The fourth-order valence-corrected chi connectivity index (χ4v) is 3.91. The Balaban J connectivity index is 1.56. The monoisotopic (exact) mass is 455 g/mol. The molecule has 1 heterocycles. The average Bonchev–Trinajstić information content (AvgIpc) is 3.15. The maximum absolute atomic E-state index is 13.0. The van der Waals surface area contributed by atoms with Gasteiger partial charge >= 0.3 is 6.18 Å². The lowest BCUT2D eigenvalue weighted by atomic mass is 9.93. The van der Waals surface area contributed by atoms with Gasteiger partial charge in [-0.3, -0.25) is 10.2 Å². The van der Waals surface area contributed by atoms with Crippen molar-refractivity contribution >= 4 is 23.0 Å². The number of amides is 1. The number of halogens is 3. The summed E-state index contributed by atoms with van der Waals surface area (Å²) in [5.41, 5.74) is 6.12. The Bertz CT molecular complexity index is 1190. The van der Waals surface area contributed by atoms with Crippen molar-refractivity contribution in [3.8, 4) is 0 Å². The number of aryl methyl sites for hydroxylation is 2. The van der Waals surface area contributed by atoms with Gasteiger partial charge in [0.1, 0.15) is 5.76 Å². The number of hydrogen-bond donors (Lipinski definition) is 2. The predicted octanol–water partition coefficient (Wildman–Crippen LogP) is 6.57. The Hall–Kier alpha value is -3.55. The van der Waals surface area contributed by atoms with Crippen LogP contribution >= 0.6 is 0 Å². The molecule has 2 N–H and O–H groups in total. The molecule has 0 saturated heterocycles. The second-order valence-corrected chi connectivity index (χ2v) is 7.96. The molecule has 2 aromatic carbocycles. The largest absolute Gasteiger partial charge is 0.455 e. The Morgan fingerprint density at radius 1 is 1.09 bits per heavy atom. The van der Waals surface area contributed by atoms with E-state index in [1.165, 1.54) is 17.7 Å². The van der Waals surface area contributed by atoms with E-state index in [0.717, 1.165) is 30.5 Å². The van der Waals surface area contributed by atoms with Crippen LogP contribution in [0.2, 0.25) is 0 Å². The van der Waals surface area contributed by atoms with Gasteiger partial charge in [-0.15, -0.1) is 0 Å². The van der Waals surface area contributed by atoms with Gasteiger partial charge in [0.15, 0.2) is 5.76 Å². The highest BCUT2D eigenvalue weighted by Gasteiger charge is 2.31. The van der Waals surface area contributed by atoms with Gasteiger partial charge < -0.3 is 9.73 Å². The summed E-state index contributed by atoms with van der Waals surface area (Å²) in [7, 11) is 0. The van der Waals surface area contributed by atoms with Crippen molar-refractivity contribution < 1.29 is 22.4 Å². The van der Waals surface area contributed by atoms with Crippen molar-refractivity contribution in [1.29, 1.82) is 0 Å². The van der Waals surface area contributed by atoms with Crippen LogP contribution in [0.25, 0.3) is 0 Å². The number of benzene rings is 2. The molecular formula is C25H24F3N3O2. The quantitative estimate of drug-likeness (QED) is 0.428. The number of rotatable bonds is 5. The first kappa shape index (κ1) is 22.6. The molecule has 1 aliphatic carbocycles. The van der Waals surface area contributed by atoms with Crippen molar-refractivity contribution in [1.82, 2.24) is 0 Å². The Labute approximate surface area is 189 Å². The maximum atomic E-state index is 13.0. The molecular weight excluding hydrogens is 431 g/mol. The molecule has 0 unspecified atom stereocenters. The highest BCUT2D eigenvalue weighted by atomic mass is 19.4. The topological polar surface area (TPSA) is 66.6 Å². The lowest BCUT2D eigenvalue weighted by molar-refractivity contribution is -0.137. The van der Waals surface area contributed by atoms with E-state index in [1.807, 2.05) is 24.3 Å². The number of furan rings is 1. The molecule has 8 heteroatoms. The van der Waals surface area contributed by atoms with Crippen LogP contribution < -0.4 is 10.7 Å². The molecule has 5 nitrogen and oxygen atoms in total. The highest BCUT2D eigenvalue weighted by Crippen LogP contribution is 2.32. The smallest absolute Gasteiger partial charge is 0.416 e. The first-order chi connectivity index (χ1) is 15.8. The van der Waals surface area contributed by atoms with Crippen LogP contribution in [-0.4, -0.2) is 11.6 Å². The van der Waals surface area contributed by atoms with Crippen LogP contribution in [0.5, 0.6) is 0 Å². The predicted molar refractivity (Wildman–Crippen MR) is 122 cm³/mol. The van der Waals surface area contributed by atoms with E-state index in [1.54, 1.807) is 6.92 Å². The van der Waals surface area contributed by atoms with Gasteiger partial charge in [-0.1, -0.05) is 25.1 Å².